The number of carbonyl (C=O) groups is 1. The first-order valence-corrected chi connectivity index (χ1v) is 6.93. The van der Waals surface area contributed by atoms with Crippen molar-refractivity contribution in [2.75, 3.05) is 18.1 Å². The number of aromatic carboxylic acids is 1. The van der Waals surface area contributed by atoms with Crippen molar-refractivity contribution in [2.45, 2.75) is 19.8 Å². The van der Waals surface area contributed by atoms with Crippen LogP contribution in [0.15, 0.2) is 24.3 Å². The Bertz CT molecular complexity index is 335. The number of hydrogen-bond donors (Lipinski definition) is 1. The highest BCUT2D eigenvalue weighted by atomic mass is 32.2. The minimum absolute atomic E-state index is 0.288. The third-order valence-corrected chi connectivity index (χ3v) is 3.43. The number of thioether (sulfide) groups is 1. The third kappa shape index (κ3) is 5.63. The lowest BCUT2D eigenvalue weighted by Gasteiger charge is -2.06. The Labute approximate surface area is 106 Å². The van der Waals surface area contributed by atoms with Crippen LogP contribution >= 0.6 is 11.8 Å². The van der Waals surface area contributed by atoms with Crippen molar-refractivity contribution in [1.82, 2.24) is 0 Å². The molecular formula is C13H18O3S. The van der Waals surface area contributed by atoms with Crippen LogP contribution in [0.4, 0.5) is 0 Å². The summed E-state index contributed by atoms with van der Waals surface area (Å²) >= 11 is 1.94. The molecule has 0 bridgehead atoms. The first kappa shape index (κ1) is 13.9. The average molecular weight is 254 g/mol. The Morgan fingerprint density at radius 2 is 2.00 bits per heavy atom. The lowest BCUT2D eigenvalue weighted by Crippen LogP contribution is -2.00. The molecule has 4 heteroatoms. The number of carboxylic acid groups (broad SMARTS) is 1. The van der Waals surface area contributed by atoms with Gasteiger partial charge in [-0.2, -0.15) is 11.8 Å². The van der Waals surface area contributed by atoms with Crippen LogP contribution in [0.3, 0.4) is 0 Å². The molecule has 0 radical (unpaired) electrons. The molecule has 1 aromatic carbocycles. The Hall–Kier alpha value is -1.16. The molecule has 0 aliphatic carbocycles. The lowest BCUT2D eigenvalue weighted by atomic mass is 10.2. The minimum Gasteiger partial charge on any atom is -0.494 e. The fraction of sp³-hybridized carbons (Fsp3) is 0.462. The van der Waals surface area contributed by atoms with E-state index in [9.17, 15) is 4.79 Å². The maximum atomic E-state index is 10.6. The van der Waals surface area contributed by atoms with E-state index >= 15 is 0 Å². The van der Waals surface area contributed by atoms with E-state index in [1.165, 1.54) is 12.2 Å². The summed E-state index contributed by atoms with van der Waals surface area (Å²) in [6.45, 7) is 2.86. The minimum atomic E-state index is -0.910. The van der Waals surface area contributed by atoms with E-state index in [-0.39, 0.29) is 5.56 Å². The van der Waals surface area contributed by atoms with E-state index in [0.717, 1.165) is 17.9 Å². The Morgan fingerprint density at radius 1 is 1.29 bits per heavy atom. The number of ether oxygens (including phenoxy) is 1. The Balaban J connectivity index is 2.21. The van der Waals surface area contributed by atoms with Crippen molar-refractivity contribution in [2.24, 2.45) is 0 Å². The number of rotatable bonds is 8. The summed E-state index contributed by atoms with van der Waals surface area (Å²) in [5.41, 5.74) is 0.288. The van der Waals surface area contributed by atoms with Gasteiger partial charge in [0.25, 0.3) is 0 Å². The van der Waals surface area contributed by atoms with Crippen LogP contribution in [0.25, 0.3) is 0 Å². The van der Waals surface area contributed by atoms with Crippen LogP contribution in [0, 0.1) is 0 Å². The first-order chi connectivity index (χ1) is 8.24. The van der Waals surface area contributed by atoms with Crippen LogP contribution < -0.4 is 4.74 Å². The highest BCUT2D eigenvalue weighted by molar-refractivity contribution is 7.99. The Kier molecular flexibility index (Phi) is 6.55. The lowest BCUT2D eigenvalue weighted by molar-refractivity contribution is 0.0697. The maximum Gasteiger partial charge on any atom is 0.335 e. The van der Waals surface area contributed by atoms with E-state index in [1.807, 2.05) is 11.8 Å². The average Bonchev–Trinajstić information content (AvgIpc) is 2.34. The standard InChI is InChI=1S/C13H18O3S/c1-2-9-17-10-3-8-16-12-6-4-11(5-7-12)13(14)15/h4-7H,2-3,8-10H2,1H3,(H,14,15). The van der Waals surface area contributed by atoms with Crippen molar-refractivity contribution >= 4 is 17.7 Å². The summed E-state index contributed by atoms with van der Waals surface area (Å²) in [6.07, 6.45) is 2.23. The van der Waals surface area contributed by atoms with Crippen molar-refractivity contribution in [3.8, 4) is 5.75 Å². The summed E-state index contributed by atoms with van der Waals surface area (Å²) in [6, 6.07) is 6.51. The van der Waals surface area contributed by atoms with Gasteiger partial charge in [-0.3, -0.25) is 0 Å². The van der Waals surface area contributed by atoms with Crippen LogP contribution in [-0.4, -0.2) is 29.2 Å². The SMILES string of the molecule is CCCSCCCOc1ccc(C(=O)O)cc1. The second-order valence-corrected chi connectivity index (χ2v) is 4.87. The molecule has 0 atom stereocenters. The molecule has 0 aromatic heterocycles. The van der Waals surface area contributed by atoms with E-state index in [1.54, 1.807) is 24.3 Å². The molecule has 0 fully saturated rings. The highest BCUT2D eigenvalue weighted by Crippen LogP contribution is 2.13. The Morgan fingerprint density at radius 3 is 2.59 bits per heavy atom. The number of benzene rings is 1. The normalized spacial score (nSPS) is 10.2. The van der Waals surface area contributed by atoms with Crippen molar-refractivity contribution in [3.05, 3.63) is 29.8 Å². The third-order valence-electron chi connectivity index (χ3n) is 2.15. The molecular weight excluding hydrogens is 236 g/mol. The smallest absolute Gasteiger partial charge is 0.335 e. The molecule has 0 saturated heterocycles. The van der Waals surface area contributed by atoms with E-state index in [2.05, 4.69) is 6.92 Å². The van der Waals surface area contributed by atoms with Crippen LogP contribution in [-0.2, 0) is 0 Å². The molecule has 17 heavy (non-hydrogen) atoms. The molecule has 0 aliphatic rings. The fourth-order valence-electron chi connectivity index (χ4n) is 1.29. The maximum absolute atomic E-state index is 10.6. The molecule has 1 aromatic rings. The van der Waals surface area contributed by atoms with Gasteiger partial charge in [-0.15, -0.1) is 0 Å². The molecule has 0 heterocycles. The zero-order valence-corrected chi connectivity index (χ0v) is 10.8. The van der Waals surface area contributed by atoms with Gasteiger partial charge in [0.15, 0.2) is 0 Å². The van der Waals surface area contributed by atoms with Gasteiger partial charge in [0.05, 0.1) is 12.2 Å². The largest absolute Gasteiger partial charge is 0.494 e. The quantitative estimate of drug-likeness (QED) is 0.723. The van der Waals surface area contributed by atoms with Gasteiger partial charge in [0.1, 0.15) is 5.75 Å². The molecule has 0 spiro atoms. The predicted molar refractivity (Wildman–Crippen MR) is 71.1 cm³/mol. The van der Waals surface area contributed by atoms with Gasteiger partial charge in [-0.05, 0) is 48.6 Å². The number of carboxylic acids is 1. The van der Waals surface area contributed by atoms with Crippen molar-refractivity contribution < 1.29 is 14.6 Å². The predicted octanol–water partition coefficient (Wildman–Crippen LogP) is 3.30. The van der Waals surface area contributed by atoms with Crippen LogP contribution in [0.2, 0.25) is 0 Å². The summed E-state index contributed by atoms with van der Waals surface area (Å²) in [7, 11) is 0. The van der Waals surface area contributed by atoms with Gasteiger partial charge in [0, 0.05) is 0 Å². The molecule has 0 saturated carbocycles. The second-order valence-electron chi connectivity index (χ2n) is 3.64. The van der Waals surface area contributed by atoms with Gasteiger partial charge < -0.3 is 9.84 Å². The van der Waals surface area contributed by atoms with Gasteiger partial charge in [-0.1, -0.05) is 6.92 Å². The summed E-state index contributed by atoms with van der Waals surface area (Å²) < 4.78 is 5.51. The summed E-state index contributed by atoms with van der Waals surface area (Å²) in [4.78, 5) is 10.6. The van der Waals surface area contributed by atoms with Crippen LogP contribution in [0.1, 0.15) is 30.1 Å². The van der Waals surface area contributed by atoms with E-state index in [0.29, 0.717) is 6.61 Å². The number of hydrogen-bond acceptors (Lipinski definition) is 3. The van der Waals surface area contributed by atoms with E-state index in [4.69, 9.17) is 9.84 Å². The molecule has 0 aliphatic heterocycles. The van der Waals surface area contributed by atoms with Gasteiger partial charge in [-0.25, -0.2) is 4.79 Å². The zero-order valence-electron chi connectivity index (χ0n) is 10.0. The van der Waals surface area contributed by atoms with Gasteiger partial charge in [0.2, 0.25) is 0 Å². The van der Waals surface area contributed by atoms with Crippen molar-refractivity contribution in [3.63, 3.8) is 0 Å². The fourth-order valence-corrected chi connectivity index (χ4v) is 2.11. The summed E-state index contributed by atoms with van der Waals surface area (Å²) in [5, 5.41) is 8.73. The highest BCUT2D eigenvalue weighted by Gasteiger charge is 2.01. The van der Waals surface area contributed by atoms with Crippen LogP contribution in [0.5, 0.6) is 5.75 Å². The molecule has 94 valence electrons. The monoisotopic (exact) mass is 254 g/mol. The molecule has 0 amide bonds. The molecule has 1 rings (SSSR count). The molecule has 3 nitrogen and oxygen atoms in total. The zero-order chi connectivity index (χ0) is 12.5. The molecule has 0 unspecified atom stereocenters. The van der Waals surface area contributed by atoms with Crippen molar-refractivity contribution in [1.29, 1.82) is 0 Å². The second kappa shape index (κ2) is 8.01. The summed E-state index contributed by atoms with van der Waals surface area (Å²) in [5.74, 6) is 2.14. The first-order valence-electron chi connectivity index (χ1n) is 5.78. The van der Waals surface area contributed by atoms with Gasteiger partial charge >= 0.3 is 5.97 Å². The topological polar surface area (TPSA) is 46.5 Å². The van der Waals surface area contributed by atoms with E-state index < -0.39 is 5.97 Å². The molecule has 1 N–H and O–H groups in total.